The van der Waals surface area contributed by atoms with Crippen LogP contribution in [0.15, 0.2) is 35.2 Å². The molecule has 152 valence electrons. The lowest BCUT2D eigenvalue weighted by atomic mass is 10.1. The molecule has 6 nitrogen and oxygen atoms in total. The summed E-state index contributed by atoms with van der Waals surface area (Å²) in [6.07, 6.45) is 1.45. The summed E-state index contributed by atoms with van der Waals surface area (Å²) in [5, 5.41) is 0. The number of nitrogens with zero attached hydrogens (tertiary/aromatic N) is 1. The van der Waals surface area contributed by atoms with E-state index < -0.39 is 20.0 Å². The Labute approximate surface area is 167 Å². The molecule has 2 aromatic carbocycles. The lowest BCUT2D eigenvalue weighted by Crippen LogP contribution is -2.38. The molecular formula is C20H26N2O4S2. The maximum Gasteiger partial charge on any atom is 0.262 e. The number of benzene rings is 2. The zero-order valence-corrected chi connectivity index (χ0v) is 18.2. The van der Waals surface area contributed by atoms with Gasteiger partial charge in [-0.3, -0.25) is 9.03 Å². The van der Waals surface area contributed by atoms with Crippen LogP contribution in [0.25, 0.3) is 0 Å². The summed E-state index contributed by atoms with van der Waals surface area (Å²) in [6.45, 7) is 7.67. The van der Waals surface area contributed by atoms with Crippen molar-refractivity contribution in [2.75, 3.05) is 21.3 Å². The Hall–Kier alpha value is -2.06. The fourth-order valence-electron chi connectivity index (χ4n) is 3.52. The zero-order chi connectivity index (χ0) is 20.7. The Morgan fingerprint density at radius 3 is 2.29 bits per heavy atom. The fourth-order valence-corrected chi connectivity index (χ4v) is 6.66. The molecule has 2 aromatic rings. The van der Waals surface area contributed by atoms with Gasteiger partial charge in [0.1, 0.15) is 0 Å². The van der Waals surface area contributed by atoms with E-state index in [1.165, 1.54) is 4.31 Å². The second-order valence-electron chi connectivity index (χ2n) is 7.42. The summed E-state index contributed by atoms with van der Waals surface area (Å²) in [5.41, 5.74) is 4.12. The van der Waals surface area contributed by atoms with Crippen molar-refractivity contribution < 1.29 is 16.8 Å². The predicted molar refractivity (Wildman–Crippen MR) is 113 cm³/mol. The lowest BCUT2D eigenvalue weighted by Gasteiger charge is -2.30. The number of aryl methyl sites for hydroxylation is 4. The molecular weight excluding hydrogens is 396 g/mol. The zero-order valence-electron chi connectivity index (χ0n) is 16.6. The van der Waals surface area contributed by atoms with Crippen molar-refractivity contribution in [3.8, 4) is 0 Å². The van der Waals surface area contributed by atoms with Gasteiger partial charge < -0.3 is 0 Å². The molecule has 3 rings (SSSR count). The SMILES string of the molecule is Cc1ccc(NS(=O)(=O)c2cc(C)c(N3CCCCS3(=O)=O)cc2C)c(C)c1. The van der Waals surface area contributed by atoms with Gasteiger partial charge in [0, 0.05) is 6.54 Å². The van der Waals surface area contributed by atoms with Crippen LogP contribution in [0.2, 0.25) is 0 Å². The molecule has 28 heavy (non-hydrogen) atoms. The minimum absolute atomic E-state index is 0.125. The summed E-state index contributed by atoms with van der Waals surface area (Å²) in [7, 11) is -7.15. The molecule has 0 unspecified atom stereocenters. The Bertz CT molecular complexity index is 1120. The highest BCUT2D eigenvalue weighted by atomic mass is 32.2. The highest BCUT2D eigenvalue weighted by Crippen LogP contribution is 2.32. The van der Waals surface area contributed by atoms with Gasteiger partial charge >= 0.3 is 0 Å². The monoisotopic (exact) mass is 422 g/mol. The molecule has 8 heteroatoms. The molecule has 0 aliphatic carbocycles. The van der Waals surface area contributed by atoms with E-state index in [4.69, 9.17) is 0 Å². The van der Waals surface area contributed by atoms with E-state index in [0.717, 1.165) is 17.5 Å². The molecule has 1 heterocycles. The van der Waals surface area contributed by atoms with Gasteiger partial charge in [0.05, 0.1) is 22.0 Å². The Morgan fingerprint density at radius 2 is 1.64 bits per heavy atom. The van der Waals surface area contributed by atoms with Crippen LogP contribution < -0.4 is 9.03 Å². The maximum absolute atomic E-state index is 13.0. The van der Waals surface area contributed by atoms with Crippen LogP contribution in [0.1, 0.15) is 35.1 Å². The van der Waals surface area contributed by atoms with Gasteiger partial charge in [-0.1, -0.05) is 17.7 Å². The van der Waals surface area contributed by atoms with Crippen LogP contribution in [0, 0.1) is 27.7 Å². The van der Waals surface area contributed by atoms with Crippen molar-refractivity contribution >= 4 is 31.4 Å². The molecule has 0 saturated carbocycles. The highest BCUT2D eigenvalue weighted by Gasteiger charge is 2.29. The average molecular weight is 423 g/mol. The minimum Gasteiger partial charge on any atom is -0.279 e. The standard InChI is InChI=1S/C20H26N2O4S2/c1-14-7-8-18(15(2)11-14)21-28(25,26)20-13-16(3)19(12-17(20)4)22-9-5-6-10-27(22,23)24/h7-8,11-13,21H,5-6,9-10H2,1-4H3. The molecule has 0 atom stereocenters. The summed E-state index contributed by atoms with van der Waals surface area (Å²) in [6, 6.07) is 8.74. The molecule has 1 saturated heterocycles. The third-order valence-electron chi connectivity index (χ3n) is 5.03. The van der Waals surface area contributed by atoms with Crippen molar-refractivity contribution in [3.05, 3.63) is 52.6 Å². The summed E-state index contributed by atoms with van der Waals surface area (Å²) < 4.78 is 54.9. The second kappa shape index (κ2) is 7.40. The molecule has 0 aromatic heterocycles. The molecule has 1 fully saturated rings. The first-order chi connectivity index (χ1) is 13.0. The molecule has 0 radical (unpaired) electrons. The summed E-state index contributed by atoms with van der Waals surface area (Å²) in [4.78, 5) is 0.156. The molecule has 1 N–H and O–H groups in total. The van der Waals surface area contributed by atoms with E-state index >= 15 is 0 Å². The Morgan fingerprint density at radius 1 is 0.929 bits per heavy atom. The quantitative estimate of drug-likeness (QED) is 0.815. The third-order valence-corrected chi connectivity index (χ3v) is 8.39. The molecule has 1 aliphatic rings. The van der Waals surface area contributed by atoms with Crippen molar-refractivity contribution in [3.63, 3.8) is 0 Å². The second-order valence-corrected chi connectivity index (χ2v) is 11.1. The van der Waals surface area contributed by atoms with Crippen LogP contribution in [0.4, 0.5) is 11.4 Å². The van der Waals surface area contributed by atoms with Gasteiger partial charge in [-0.05, 0) is 75.4 Å². The van der Waals surface area contributed by atoms with Crippen molar-refractivity contribution in [1.29, 1.82) is 0 Å². The van der Waals surface area contributed by atoms with Gasteiger partial charge in [-0.2, -0.15) is 0 Å². The summed E-state index contributed by atoms with van der Waals surface area (Å²) in [5.74, 6) is 0.125. The number of sulfonamides is 2. The van der Waals surface area contributed by atoms with Gasteiger partial charge in [0.15, 0.2) is 0 Å². The van der Waals surface area contributed by atoms with E-state index in [-0.39, 0.29) is 10.6 Å². The van der Waals surface area contributed by atoms with Gasteiger partial charge in [-0.25, -0.2) is 16.8 Å². The van der Waals surface area contributed by atoms with Crippen LogP contribution in [-0.2, 0) is 20.0 Å². The minimum atomic E-state index is -3.80. The lowest BCUT2D eigenvalue weighted by molar-refractivity contribution is 0.574. The smallest absolute Gasteiger partial charge is 0.262 e. The van der Waals surface area contributed by atoms with Crippen molar-refractivity contribution in [2.24, 2.45) is 0 Å². The highest BCUT2D eigenvalue weighted by molar-refractivity contribution is 7.93. The third kappa shape index (κ3) is 4.03. The number of rotatable bonds is 4. The van der Waals surface area contributed by atoms with Crippen LogP contribution in [0.5, 0.6) is 0 Å². The average Bonchev–Trinajstić information content (AvgIpc) is 2.59. The van der Waals surface area contributed by atoms with E-state index in [2.05, 4.69) is 4.72 Å². The topological polar surface area (TPSA) is 83.6 Å². The van der Waals surface area contributed by atoms with E-state index in [0.29, 0.717) is 35.5 Å². The van der Waals surface area contributed by atoms with Gasteiger partial charge in [-0.15, -0.1) is 0 Å². The molecule has 0 spiro atoms. The first kappa shape index (κ1) is 20.7. The Balaban J connectivity index is 2.00. The predicted octanol–water partition coefficient (Wildman–Crippen LogP) is 3.65. The first-order valence-electron chi connectivity index (χ1n) is 9.23. The Kier molecular flexibility index (Phi) is 5.46. The number of anilines is 2. The maximum atomic E-state index is 13.0. The largest absolute Gasteiger partial charge is 0.279 e. The number of hydrogen-bond acceptors (Lipinski definition) is 4. The van der Waals surface area contributed by atoms with E-state index in [1.807, 2.05) is 26.0 Å². The van der Waals surface area contributed by atoms with Crippen LogP contribution >= 0.6 is 0 Å². The van der Waals surface area contributed by atoms with E-state index in [1.54, 1.807) is 32.0 Å². The first-order valence-corrected chi connectivity index (χ1v) is 12.3. The fraction of sp³-hybridized carbons (Fsp3) is 0.400. The van der Waals surface area contributed by atoms with Crippen molar-refractivity contribution in [2.45, 2.75) is 45.4 Å². The van der Waals surface area contributed by atoms with Crippen LogP contribution in [-0.4, -0.2) is 29.1 Å². The van der Waals surface area contributed by atoms with Gasteiger partial charge in [0.25, 0.3) is 10.0 Å². The molecule has 0 amide bonds. The summed E-state index contributed by atoms with van der Waals surface area (Å²) >= 11 is 0. The van der Waals surface area contributed by atoms with Crippen molar-refractivity contribution in [1.82, 2.24) is 0 Å². The number of nitrogens with one attached hydrogen (secondary N) is 1. The molecule has 1 aliphatic heterocycles. The normalized spacial score (nSPS) is 16.8. The molecule has 0 bridgehead atoms. The number of hydrogen-bond donors (Lipinski definition) is 1. The van der Waals surface area contributed by atoms with E-state index in [9.17, 15) is 16.8 Å². The van der Waals surface area contributed by atoms with Crippen LogP contribution in [0.3, 0.4) is 0 Å². The van der Waals surface area contributed by atoms with Gasteiger partial charge in [0.2, 0.25) is 10.0 Å².